The summed E-state index contributed by atoms with van der Waals surface area (Å²) in [5.41, 5.74) is 0. The summed E-state index contributed by atoms with van der Waals surface area (Å²) in [6.07, 6.45) is 5.76. The molecule has 1 heterocycles. The minimum atomic E-state index is 0.607. The number of hydrogen-bond donors (Lipinski definition) is 1. The molecule has 0 saturated carbocycles. The highest BCUT2D eigenvalue weighted by Crippen LogP contribution is 2.17. The van der Waals surface area contributed by atoms with Gasteiger partial charge in [0.2, 0.25) is 0 Å². The molecule has 12 heavy (non-hydrogen) atoms. The zero-order chi connectivity index (χ0) is 8.81. The highest BCUT2D eigenvalue weighted by Gasteiger charge is 2.14. The largest absolute Gasteiger partial charge is 0.311 e. The van der Waals surface area contributed by atoms with Crippen molar-refractivity contribution in [3.8, 4) is 0 Å². The van der Waals surface area contributed by atoms with Crippen LogP contribution in [0.4, 0.5) is 0 Å². The normalized spacial score (nSPS) is 22.1. The van der Waals surface area contributed by atoms with E-state index in [0.717, 1.165) is 12.5 Å². The molecular weight excluding hydrogens is 166 g/mol. The zero-order valence-electron chi connectivity index (χ0n) is 7.88. The fourth-order valence-corrected chi connectivity index (χ4v) is 2.69. The molecule has 0 amide bonds. The second-order valence-corrected chi connectivity index (χ2v) is 4.70. The van der Waals surface area contributed by atoms with Crippen LogP contribution in [-0.2, 0) is 0 Å². The van der Waals surface area contributed by atoms with Crippen molar-refractivity contribution in [1.29, 1.82) is 0 Å². The topological polar surface area (TPSA) is 12.0 Å². The monoisotopic (exact) mass is 185 g/mol. The van der Waals surface area contributed by atoms with Crippen molar-refractivity contribution in [2.24, 2.45) is 0 Å². The smallest absolute Gasteiger partial charge is 0.00853 e. The molecule has 1 atom stereocenters. The minimum Gasteiger partial charge on any atom is -0.311 e. The van der Waals surface area contributed by atoms with Gasteiger partial charge in [-0.15, -0.1) is 6.58 Å². The van der Waals surface area contributed by atoms with E-state index in [4.69, 9.17) is 0 Å². The van der Waals surface area contributed by atoms with Crippen molar-refractivity contribution in [3.63, 3.8) is 0 Å². The van der Waals surface area contributed by atoms with Gasteiger partial charge in [0.15, 0.2) is 0 Å². The van der Waals surface area contributed by atoms with Crippen LogP contribution >= 0.6 is 11.8 Å². The molecular formula is C10H19NS. The Hall–Kier alpha value is 0.0500. The molecule has 2 heteroatoms. The summed E-state index contributed by atoms with van der Waals surface area (Å²) in [4.78, 5) is 0. The number of nitrogens with one attached hydrogen (secondary N) is 1. The van der Waals surface area contributed by atoms with Gasteiger partial charge in [0.05, 0.1) is 0 Å². The SMILES string of the molecule is C=CCC(C)NC1CCSCC1. The first-order valence-electron chi connectivity index (χ1n) is 4.77. The van der Waals surface area contributed by atoms with E-state index >= 15 is 0 Å². The van der Waals surface area contributed by atoms with Gasteiger partial charge < -0.3 is 5.32 Å². The molecule has 0 aromatic carbocycles. The van der Waals surface area contributed by atoms with Crippen molar-refractivity contribution in [3.05, 3.63) is 12.7 Å². The standard InChI is InChI=1S/C10H19NS/c1-3-4-9(2)11-10-5-7-12-8-6-10/h3,9-11H,1,4-8H2,2H3. The van der Waals surface area contributed by atoms with Gasteiger partial charge in [0, 0.05) is 12.1 Å². The average Bonchev–Trinajstić information content (AvgIpc) is 2.06. The van der Waals surface area contributed by atoms with Crippen LogP contribution in [0.3, 0.4) is 0 Å². The van der Waals surface area contributed by atoms with E-state index in [1.807, 2.05) is 6.08 Å². The van der Waals surface area contributed by atoms with Gasteiger partial charge in [-0.3, -0.25) is 0 Å². The van der Waals surface area contributed by atoms with Crippen LogP contribution in [0.2, 0.25) is 0 Å². The first-order chi connectivity index (χ1) is 5.83. The van der Waals surface area contributed by atoms with Crippen molar-refractivity contribution >= 4 is 11.8 Å². The number of rotatable bonds is 4. The second kappa shape index (κ2) is 5.65. The third-order valence-electron chi connectivity index (χ3n) is 2.26. The van der Waals surface area contributed by atoms with Gasteiger partial charge >= 0.3 is 0 Å². The molecule has 0 radical (unpaired) electrons. The van der Waals surface area contributed by atoms with Crippen LogP contribution in [0.5, 0.6) is 0 Å². The summed E-state index contributed by atoms with van der Waals surface area (Å²) in [7, 11) is 0. The molecule has 0 aromatic heterocycles. The van der Waals surface area contributed by atoms with Crippen LogP contribution in [0.25, 0.3) is 0 Å². The molecule has 1 fully saturated rings. The van der Waals surface area contributed by atoms with E-state index in [1.165, 1.54) is 24.3 Å². The lowest BCUT2D eigenvalue weighted by Gasteiger charge is -2.25. The van der Waals surface area contributed by atoms with Crippen LogP contribution in [0, 0.1) is 0 Å². The molecule has 1 aliphatic rings. The molecule has 0 aromatic rings. The van der Waals surface area contributed by atoms with E-state index in [1.54, 1.807) is 0 Å². The molecule has 1 N–H and O–H groups in total. The Labute approximate surface area is 80.0 Å². The molecule has 1 saturated heterocycles. The van der Waals surface area contributed by atoms with Crippen molar-refractivity contribution in [1.82, 2.24) is 5.32 Å². The van der Waals surface area contributed by atoms with Gasteiger partial charge in [0.25, 0.3) is 0 Å². The van der Waals surface area contributed by atoms with Crippen molar-refractivity contribution < 1.29 is 0 Å². The molecule has 70 valence electrons. The third kappa shape index (κ3) is 3.63. The van der Waals surface area contributed by atoms with E-state index in [-0.39, 0.29) is 0 Å². The quantitative estimate of drug-likeness (QED) is 0.675. The van der Waals surface area contributed by atoms with Crippen LogP contribution in [0.1, 0.15) is 26.2 Å². The van der Waals surface area contributed by atoms with Crippen LogP contribution in [-0.4, -0.2) is 23.6 Å². The van der Waals surface area contributed by atoms with Gasteiger partial charge in [-0.05, 0) is 37.7 Å². The number of hydrogen-bond acceptors (Lipinski definition) is 2. The van der Waals surface area contributed by atoms with E-state index in [9.17, 15) is 0 Å². The first kappa shape index (κ1) is 10.1. The molecule has 1 unspecified atom stereocenters. The Morgan fingerprint density at radius 2 is 2.25 bits per heavy atom. The zero-order valence-corrected chi connectivity index (χ0v) is 8.70. The maximum absolute atomic E-state index is 3.75. The first-order valence-corrected chi connectivity index (χ1v) is 5.93. The summed E-state index contributed by atoms with van der Waals surface area (Å²) in [5.74, 6) is 2.66. The lowest BCUT2D eigenvalue weighted by molar-refractivity contribution is 0.424. The highest BCUT2D eigenvalue weighted by atomic mass is 32.2. The highest BCUT2D eigenvalue weighted by molar-refractivity contribution is 7.99. The van der Waals surface area contributed by atoms with Crippen LogP contribution < -0.4 is 5.32 Å². The van der Waals surface area contributed by atoms with E-state index in [0.29, 0.717) is 6.04 Å². The summed E-state index contributed by atoms with van der Waals surface area (Å²) < 4.78 is 0. The van der Waals surface area contributed by atoms with E-state index in [2.05, 4.69) is 30.6 Å². The Kier molecular flexibility index (Phi) is 4.77. The summed E-state index contributed by atoms with van der Waals surface area (Å²) in [6.45, 7) is 5.99. The average molecular weight is 185 g/mol. The predicted molar refractivity (Wildman–Crippen MR) is 57.8 cm³/mol. The Bertz CT molecular complexity index is 130. The molecule has 1 rings (SSSR count). The van der Waals surface area contributed by atoms with E-state index < -0.39 is 0 Å². The van der Waals surface area contributed by atoms with Crippen molar-refractivity contribution in [2.45, 2.75) is 38.3 Å². The molecule has 1 aliphatic heterocycles. The van der Waals surface area contributed by atoms with Gasteiger partial charge in [-0.2, -0.15) is 11.8 Å². The maximum Gasteiger partial charge on any atom is 0.00853 e. The molecule has 0 aliphatic carbocycles. The molecule has 0 bridgehead atoms. The second-order valence-electron chi connectivity index (χ2n) is 3.48. The van der Waals surface area contributed by atoms with Gasteiger partial charge in [0.1, 0.15) is 0 Å². The lowest BCUT2D eigenvalue weighted by Crippen LogP contribution is -2.38. The van der Waals surface area contributed by atoms with Gasteiger partial charge in [-0.1, -0.05) is 6.08 Å². The van der Waals surface area contributed by atoms with Crippen molar-refractivity contribution in [2.75, 3.05) is 11.5 Å². The minimum absolute atomic E-state index is 0.607. The fourth-order valence-electron chi connectivity index (χ4n) is 1.58. The van der Waals surface area contributed by atoms with Gasteiger partial charge in [-0.25, -0.2) is 0 Å². The number of thioether (sulfide) groups is 1. The molecule has 0 spiro atoms. The molecule has 1 nitrogen and oxygen atoms in total. The summed E-state index contributed by atoms with van der Waals surface area (Å²) >= 11 is 2.08. The Morgan fingerprint density at radius 3 is 2.83 bits per heavy atom. The predicted octanol–water partition coefficient (Wildman–Crippen LogP) is 2.44. The Balaban J connectivity index is 2.15. The lowest BCUT2D eigenvalue weighted by atomic mass is 10.1. The Morgan fingerprint density at radius 1 is 1.58 bits per heavy atom. The summed E-state index contributed by atoms with van der Waals surface area (Å²) in [5, 5.41) is 3.64. The maximum atomic E-state index is 3.75. The third-order valence-corrected chi connectivity index (χ3v) is 3.31. The summed E-state index contributed by atoms with van der Waals surface area (Å²) in [6, 6.07) is 1.37. The fraction of sp³-hybridized carbons (Fsp3) is 0.800. The van der Waals surface area contributed by atoms with Crippen LogP contribution in [0.15, 0.2) is 12.7 Å².